The van der Waals surface area contributed by atoms with Crippen molar-refractivity contribution >= 4 is 16.8 Å². The molecule has 2 aromatic rings. The van der Waals surface area contributed by atoms with E-state index < -0.39 is 18.7 Å². The molecule has 18 heavy (non-hydrogen) atoms. The number of aromatic nitrogens is 1. The third-order valence-electron chi connectivity index (χ3n) is 2.24. The van der Waals surface area contributed by atoms with Crippen LogP contribution < -0.4 is 5.48 Å². The third kappa shape index (κ3) is 2.80. The molecule has 2 N–H and O–H groups in total. The first-order chi connectivity index (χ1) is 8.47. The van der Waals surface area contributed by atoms with Gasteiger partial charge in [-0.15, -0.1) is 0 Å². The van der Waals surface area contributed by atoms with E-state index >= 15 is 0 Å². The number of H-pyrrole nitrogens is 1. The van der Waals surface area contributed by atoms with Crippen LogP contribution in [0.15, 0.2) is 30.5 Å². The molecule has 0 saturated heterocycles. The highest BCUT2D eigenvalue weighted by molar-refractivity contribution is 6.05. The summed E-state index contributed by atoms with van der Waals surface area (Å²) in [6, 6.07) is 6.54. The zero-order valence-electron chi connectivity index (χ0n) is 9.04. The molecule has 4 nitrogen and oxygen atoms in total. The quantitative estimate of drug-likeness (QED) is 0.830. The third-order valence-corrected chi connectivity index (χ3v) is 2.24. The SMILES string of the molecule is O=C(NOCC(F)(F)F)c1cccc2[nH]ccc12. The maximum Gasteiger partial charge on any atom is 0.414 e. The van der Waals surface area contributed by atoms with Crippen LogP contribution in [0.2, 0.25) is 0 Å². The van der Waals surface area contributed by atoms with Crippen LogP contribution in [0, 0.1) is 0 Å². The summed E-state index contributed by atoms with van der Waals surface area (Å²) < 4.78 is 35.5. The summed E-state index contributed by atoms with van der Waals surface area (Å²) in [5, 5.41) is 0.616. The van der Waals surface area contributed by atoms with E-state index in [1.807, 2.05) is 0 Å². The van der Waals surface area contributed by atoms with E-state index in [0.717, 1.165) is 5.52 Å². The normalized spacial score (nSPS) is 11.7. The predicted molar refractivity (Wildman–Crippen MR) is 57.8 cm³/mol. The molecule has 7 heteroatoms. The number of benzene rings is 1. The molecule has 0 saturated carbocycles. The van der Waals surface area contributed by atoms with Crippen LogP contribution in [0.3, 0.4) is 0 Å². The smallest absolute Gasteiger partial charge is 0.361 e. The Balaban J connectivity index is 2.07. The molecule has 1 heterocycles. The zero-order chi connectivity index (χ0) is 13.2. The van der Waals surface area contributed by atoms with Gasteiger partial charge in [-0.05, 0) is 18.2 Å². The van der Waals surface area contributed by atoms with Gasteiger partial charge in [0.25, 0.3) is 5.91 Å². The second kappa shape index (κ2) is 4.69. The number of amides is 1. The summed E-state index contributed by atoms with van der Waals surface area (Å²) in [6.07, 6.45) is -2.84. The number of hydrogen-bond donors (Lipinski definition) is 2. The van der Waals surface area contributed by atoms with Crippen LogP contribution in [-0.2, 0) is 4.84 Å². The average Bonchev–Trinajstić information content (AvgIpc) is 2.74. The summed E-state index contributed by atoms with van der Waals surface area (Å²) in [5.74, 6) is -0.718. The van der Waals surface area contributed by atoms with Gasteiger partial charge in [-0.25, -0.2) is 5.48 Å². The molecule has 0 aliphatic carbocycles. The summed E-state index contributed by atoms with van der Waals surface area (Å²) in [5.41, 5.74) is 2.73. The number of alkyl halides is 3. The van der Waals surface area contributed by atoms with E-state index in [0.29, 0.717) is 5.39 Å². The van der Waals surface area contributed by atoms with Gasteiger partial charge in [0.1, 0.15) is 0 Å². The van der Waals surface area contributed by atoms with Gasteiger partial charge in [0.15, 0.2) is 6.61 Å². The molecule has 96 valence electrons. The zero-order valence-corrected chi connectivity index (χ0v) is 9.04. The number of nitrogens with one attached hydrogen (secondary N) is 2. The minimum Gasteiger partial charge on any atom is -0.361 e. The fourth-order valence-electron chi connectivity index (χ4n) is 1.52. The van der Waals surface area contributed by atoms with Gasteiger partial charge in [0, 0.05) is 17.1 Å². The number of carbonyl (C=O) groups is 1. The van der Waals surface area contributed by atoms with Crippen LogP contribution in [0.25, 0.3) is 10.9 Å². The van der Waals surface area contributed by atoms with E-state index in [1.165, 1.54) is 6.07 Å². The molecule has 0 aliphatic rings. The molecule has 1 aromatic heterocycles. The topological polar surface area (TPSA) is 54.1 Å². The van der Waals surface area contributed by atoms with Gasteiger partial charge >= 0.3 is 6.18 Å². The Kier molecular flexibility index (Phi) is 3.24. The molecule has 0 bridgehead atoms. The molecule has 1 amide bonds. The minimum atomic E-state index is -4.48. The predicted octanol–water partition coefficient (Wildman–Crippen LogP) is 2.39. The lowest BCUT2D eigenvalue weighted by Gasteiger charge is -2.08. The molecular formula is C11H9F3N2O2. The minimum absolute atomic E-state index is 0.246. The van der Waals surface area contributed by atoms with Gasteiger partial charge < -0.3 is 4.98 Å². The number of rotatable bonds is 3. The fraction of sp³-hybridized carbons (Fsp3) is 0.182. The van der Waals surface area contributed by atoms with Crippen LogP contribution in [-0.4, -0.2) is 23.7 Å². The number of fused-ring (bicyclic) bond motifs is 1. The maximum atomic E-state index is 11.8. The Morgan fingerprint density at radius 2 is 2.11 bits per heavy atom. The van der Waals surface area contributed by atoms with Gasteiger partial charge in [0.05, 0.1) is 5.56 Å². The van der Waals surface area contributed by atoms with Crippen molar-refractivity contribution in [3.05, 3.63) is 36.0 Å². The van der Waals surface area contributed by atoms with E-state index in [-0.39, 0.29) is 5.56 Å². The largest absolute Gasteiger partial charge is 0.414 e. The molecule has 0 aliphatic heterocycles. The second-order valence-corrected chi connectivity index (χ2v) is 3.58. The number of aromatic amines is 1. The molecule has 2 rings (SSSR count). The molecule has 0 atom stereocenters. The average molecular weight is 258 g/mol. The van der Waals surface area contributed by atoms with Crippen LogP contribution in [0.5, 0.6) is 0 Å². The number of halogens is 3. The van der Waals surface area contributed by atoms with Crippen LogP contribution in [0.1, 0.15) is 10.4 Å². The Labute approximate surface area is 99.7 Å². The summed E-state index contributed by atoms with van der Waals surface area (Å²) in [6.45, 7) is -1.53. The summed E-state index contributed by atoms with van der Waals surface area (Å²) in [4.78, 5) is 18.6. The highest BCUT2D eigenvalue weighted by Gasteiger charge is 2.28. The van der Waals surface area contributed by atoms with Crippen molar-refractivity contribution in [2.24, 2.45) is 0 Å². The Bertz CT molecular complexity index is 563. The van der Waals surface area contributed by atoms with Gasteiger partial charge in [0.2, 0.25) is 0 Å². The summed E-state index contributed by atoms with van der Waals surface area (Å²) >= 11 is 0. The van der Waals surface area contributed by atoms with Crippen molar-refractivity contribution in [1.29, 1.82) is 0 Å². The lowest BCUT2D eigenvalue weighted by Crippen LogP contribution is -2.29. The highest BCUT2D eigenvalue weighted by Crippen LogP contribution is 2.17. The second-order valence-electron chi connectivity index (χ2n) is 3.58. The van der Waals surface area contributed by atoms with E-state index in [9.17, 15) is 18.0 Å². The van der Waals surface area contributed by atoms with Crippen molar-refractivity contribution in [3.8, 4) is 0 Å². The van der Waals surface area contributed by atoms with E-state index in [4.69, 9.17) is 0 Å². The monoisotopic (exact) mass is 258 g/mol. The van der Waals surface area contributed by atoms with Gasteiger partial charge in [-0.2, -0.15) is 13.2 Å². The molecule has 0 spiro atoms. The first-order valence-electron chi connectivity index (χ1n) is 5.02. The molecule has 0 radical (unpaired) electrons. The van der Waals surface area contributed by atoms with E-state index in [1.54, 1.807) is 29.9 Å². The molecule has 0 fully saturated rings. The van der Waals surface area contributed by atoms with Crippen molar-refractivity contribution in [2.45, 2.75) is 6.18 Å². The summed E-state index contributed by atoms with van der Waals surface area (Å²) in [7, 11) is 0. The molecular weight excluding hydrogens is 249 g/mol. The lowest BCUT2D eigenvalue weighted by atomic mass is 10.1. The molecule has 1 aromatic carbocycles. The van der Waals surface area contributed by atoms with E-state index in [2.05, 4.69) is 9.82 Å². The molecule has 0 unspecified atom stereocenters. The van der Waals surface area contributed by atoms with Crippen molar-refractivity contribution in [3.63, 3.8) is 0 Å². The number of hydrogen-bond acceptors (Lipinski definition) is 2. The fourth-order valence-corrected chi connectivity index (χ4v) is 1.52. The maximum absolute atomic E-state index is 11.8. The Morgan fingerprint density at radius 1 is 1.33 bits per heavy atom. The standard InChI is InChI=1S/C11H9F3N2O2/c12-11(13,14)6-18-16-10(17)8-2-1-3-9-7(8)4-5-15-9/h1-5,15H,6H2,(H,16,17). The first-order valence-corrected chi connectivity index (χ1v) is 5.02. The number of carbonyl (C=O) groups excluding carboxylic acids is 1. The Morgan fingerprint density at radius 3 is 2.83 bits per heavy atom. The van der Waals surface area contributed by atoms with Crippen LogP contribution in [0.4, 0.5) is 13.2 Å². The lowest BCUT2D eigenvalue weighted by molar-refractivity contribution is -0.184. The van der Waals surface area contributed by atoms with Crippen LogP contribution >= 0.6 is 0 Å². The van der Waals surface area contributed by atoms with Crippen molar-refractivity contribution in [1.82, 2.24) is 10.5 Å². The highest BCUT2D eigenvalue weighted by atomic mass is 19.4. The van der Waals surface area contributed by atoms with Crippen molar-refractivity contribution < 1.29 is 22.8 Å². The first kappa shape index (κ1) is 12.4. The van der Waals surface area contributed by atoms with Gasteiger partial charge in [-0.1, -0.05) is 6.07 Å². The van der Waals surface area contributed by atoms with Gasteiger partial charge in [-0.3, -0.25) is 9.63 Å². The Hall–Kier alpha value is -2.02. The number of hydroxylamine groups is 1. The van der Waals surface area contributed by atoms with Crippen molar-refractivity contribution in [2.75, 3.05) is 6.61 Å².